The summed E-state index contributed by atoms with van der Waals surface area (Å²) in [6, 6.07) is 18.0. The van der Waals surface area contributed by atoms with Gasteiger partial charge in [0, 0.05) is 11.3 Å². The van der Waals surface area contributed by atoms with Crippen molar-refractivity contribution in [2.75, 3.05) is 44.6 Å². The summed E-state index contributed by atoms with van der Waals surface area (Å²) < 4.78 is 0. The molecule has 1 aliphatic heterocycles. The minimum absolute atomic E-state index is 0.517. The molecule has 6 heteroatoms. The van der Waals surface area contributed by atoms with Gasteiger partial charge in [-0.3, -0.25) is 9.59 Å². The Morgan fingerprint density at radius 1 is 0.857 bits per heavy atom. The van der Waals surface area contributed by atoms with Crippen molar-refractivity contribution in [1.82, 2.24) is 5.32 Å². The first-order valence-electron chi connectivity index (χ1n) is 9.97. The molecule has 0 atom stereocenters. The number of nitrogens with one attached hydrogen (secondary N) is 4. The minimum Gasteiger partial charge on any atom is -0.342 e. The van der Waals surface area contributed by atoms with E-state index in [4.69, 9.17) is 0 Å². The lowest BCUT2D eigenvalue weighted by Crippen LogP contribution is -3.27. The second-order valence-electron chi connectivity index (χ2n) is 7.49. The lowest BCUT2D eigenvalue weighted by Gasteiger charge is -2.29. The maximum Gasteiger partial charge on any atom is 0.313 e. The Morgan fingerprint density at radius 2 is 1.50 bits per heavy atom. The molecule has 0 saturated carbocycles. The van der Waals surface area contributed by atoms with Crippen molar-refractivity contribution in [3.8, 4) is 0 Å². The SMILES string of the molecule is Cc1ccc(NC(=O)C(=O)NCC[NH+]2CC[NH+](Cc3ccccc3)CC2)cc1. The number of rotatable bonds is 6. The van der Waals surface area contributed by atoms with Crippen molar-refractivity contribution >= 4 is 17.5 Å². The second-order valence-corrected chi connectivity index (χ2v) is 7.49. The first-order chi connectivity index (χ1) is 13.6. The summed E-state index contributed by atoms with van der Waals surface area (Å²) in [6.07, 6.45) is 0. The molecule has 1 heterocycles. The van der Waals surface area contributed by atoms with E-state index in [0.717, 1.165) is 44.8 Å². The van der Waals surface area contributed by atoms with Gasteiger partial charge in [0.15, 0.2) is 0 Å². The molecule has 0 aliphatic carbocycles. The van der Waals surface area contributed by atoms with Crippen LogP contribution in [0, 0.1) is 6.92 Å². The Morgan fingerprint density at radius 3 is 2.18 bits per heavy atom. The van der Waals surface area contributed by atoms with Gasteiger partial charge in [-0.05, 0) is 19.1 Å². The fourth-order valence-corrected chi connectivity index (χ4v) is 3.53. The first kappa shape index (κ1) is 20.0. The number of aryl methyl sites for hydroxylation is 1. The number of anilines is 1. The van der Waals surface area contributed by atoms with Crippen LogP contribution in [0.2, 0.25) is 0 Å². The fourth-order valence-electron chi connectivity index (χ4n) is 3.53. The zero-order valence-electron chi connectivity index (χ0n) is 16.5. The zero-order chi connectivity index (χ0) is 19.8. The molecule has 0 aromatic heterocycles. The summed E-state index contributed by atoms with van der Waals surface area (Å²) in [5, 5.41) is 5.36. The van der Waals surface area contributed by atoms with Crippen molar-refractivity contribution in [2.45, 2.75) is 13.5 Å². The zero-order valence-corrected chi connectivity index (χ0v) is 16.5. The van der Waals surface area contributed by atoms with E-state index in [0.29, 0.717) is 12.2 Å². The molecule has 6 nitrogen and oxygen atoms in total. The highest BCUT2D eigenvalue weighted by molar-refractivity contribution is 6.39. The molecule has 0 radical (unpaired) electrons. The van der Waals surface area contributed by atoms with Crippen molar-refractivity contribution in [3.63, 3.8) is 0 Å². The molecule has 0 bridgehead atoms. The molecule has 2 aromatic carbocycles. The van der Waals surface area contributed by atoms with E-state index in [1.807, 2.05) is 19.1 Å². The first-order valence-corrected chi connectivity index (χ1v) is 9.97. The molecule has 1 aliphatic rings. The molecular formula is C22H30N4O2+2. The summed E-state index contributed by atoms with van der Waals surface area (Å²) >= 11 is 0. The van der Waals surface area contributed by atoms with Crippen LogP contribution in [0.15, 0.2) is 54.6 Å². The van der Waals surface area contributed by atoms with E-state index in [1.54, 1.807) is 17.0 Å². The molecule has 1 saturated heterocycles. The van der Waals surface area contributed by atoms with Gasteiger partial charge in [0.2, 0.25) is 0 Å². The maximum absolute atomic E-state index is 12.0. The van der Waals surface area contributed by atoms with Crippen LogP contribution in [0.5, 0.6) is 0 Å². The molecular weight excluding hydrogens is 352 g/mol. The summed E-state index contributed by atoms with van der Waals surface area (Å²) in [4.78, 5) is 27.0. The van der Waals surface area contributed by atoms with Crippen LogP contribution in [0.25, 0.3) is 0 Å². The van der Waals surface area contributed by atoms with Crippen molar-refractivity contribution < 1.29 is 19.4 Å². The third-order valence-electron chi connectivity index (χ3n) is 5.24. The number of hydrogen-bond acceptors (Lipinski definition) is 2. The van der Waals surface area contributed by atoms with Gasteiger partial charge in [0.1, 0.15) is 32.7 Å². The predicted molar refractivity (Wildman–Crippen MR) is 109 cm³/mol. The Balaban J connectivity index is 1.32. The number of quaternary nitrogens is 2. The van der Waals surface area contributed by atoms with E-state index < -0.39 is 11.8 Å². The van der Waals surface area contributed by atoms with Gasteiger partial charge >= 0.3 is 11.8 Å². The van der Waals surface area contributed by atoms with Gasteiger partial charge in [0.25, 0.3) is 0 Å². The van der Waals surface area contributed by atoms with Crippen LogP contribution >= 0.6 is 0 Å². The van der Waals surface area contributed by atoms with Crippen LogP contribution < -0.4 is 20.4 Å². The number of amides is 2. The van der Waals surface area contributed by atoms with E-state index in [1.165, 1.54) is 10.5 Å². The van der Waals surface area contributed by atoms with E-state index in [9.17, 15) is 9.59 Å². The lowest BCUT2D eigenvalue weighted by molar-refractivity contribution is -1.02. The molecule has 2 amide bonds. The average Bonchev–Trinajstić information content (AvgIpc) is 2.71. The Bertz CT molecular complexity index is 769. The van der Waals surface area contributed by atoms with E-state index >= 15 is 0 Å². The number of carbonyl (C=O) groups excluding carboxylic acids is 2. The fraction of sp³-hybridized carbons (Fsp3) is 0.364. The highest BCUT2D eigenvalue weighted by Crippen LogP contribution is 2.08. The molecule has 1 fully saturated rings. The van der Waals surface area contributed by atoms with E-state index in [-0.39, 0.29) is 0 Å². The monoisotopic (exact) mass is 382 g/mol. The average molecular weight is 383 g/mol. The Hall–Kier alpha value is -2.70. The summed E-state index contributed by atoms with van der Waals surface area (Å²) in [5.41, 5.74) is 3.12. The molecule has 4 N–H and O–H groups in total. The second kappa shape index (κ2) is 10.0. The smallest absolute Gasteiger partial charge is 0.313 e. The number of benzene rings is 2. The largest absolute Gasteiger partial charge is 0.342 e. The van der Waals surface area contributed by atoms with E-state index in [2.05, 4.69) is 41.0 Å². The Kier molecular flexibility index (Phi) is 7.17. The highest BCUT2D eigenvalue weighted by Gasteiger charge is 2.23. The standard InChI is InChI=1S/C22H28N4O2/c1-18-7-9-20(10-8-18)24-22(28)21(27)23-11-12-25-13-15-26(16-14-25)17-19-5-3-2-4-6-19/h2-10H,11-17H2,1H3,(H,23,27)(H,24,28)/p+2. The topological polar surface area (TPSA) is 67.1 Å². The summed E-state index contributed by atoms with van der Waals surface area (Å²) in [7, 11) is 0. The van der Waals surface area contributed by atoms with Gasteiger partial charge in [-0.25, -0.2) is 0 Å². The number of carbonyl (C=O) groups is 2. The van der Waals surface area contributed by atoms with Gasteiger partial charge in [-0.2, -0.15) is 0 Å². The quantitative estimate of drug-likeness (QED) is 0.486. The van der Waals surface area contributed by atoms with Gasteiger partial charge in [-0.1, -0.05) is 48.0 Å². The maximum atomic E-state index is 12.0. The third-order valence-corrected chi connectivity index (χ3v) is 5.24. The molecule has 0 spiro atoms. The van der Waals surface area contributed by atoms with Gasteiger partial charge in [0.05, 0.1) is 13.1 Å². The van der Waals surface area contributed by atoms with Crippen molar-refractivity contribution in [3.05, 3.63) is 65.7 Å². The van der Waals surface area contributed by atoms with Crippen LogP contribution in [0.1, 0.15) is 11.1 Å². The third kappa shape index (κ3) is 6.18. The van der Waals surface area contributed by atoms with Crippen LogP contribution in [0.4, 0.5) is 5.69 Å². The number of hydrogen-bond donors (Lipinski definition) is 4. The van der Waals surface area contributed by atoms with Crippen LogP contribution in [-0.2, 0) is 16.1 Å². The van der Waals surface area contributed by atoms with Crippen molar-refractivity contribution in [2.24, 2.45) is 0 Å². The Labute approximate surface area is 166 Å². The molecule has 3 rings (SSSR count). The summed E-state index contributed by atoms with van der Waals surface area (Å²) in [6.45, 7) is 8.86. The molecule has 148 valence electrons. The van der Waals surface area contributed by atoms with Crippen molar-refractivity contribution in [1.29, 1.82) is 0 Å². The number of piperazine rings is 1. The van der Waals surface area contributed by atoms with Crippen LogP contribution in [-0.4, -0.2) is 51.1 Å². The highest BCUT2D eigenvalue weighted by atomic mass is 16.2. The lowest BCUT2D eigenvalue weighted by atomic mass is 10.2. The molecule has 28 heavy (non-hydrogen) atoms. The van der Waals surface area contributed by atoms with Crippen LogP contribution in [0.3, 0.4) is 0 Å². The van der Waals surface area contributed by atoms with Gasteiger partial charge in [-0.15, -0.1) is 0 Å². The minimum atomic E-state index is -0.615. The molecule has 0 unspecified atom stereocenters. The predicted octanol–water partition coefficient (Wildman–Crippen LogP) is -0.967. The van der Waals surface area contributed by atoms with Gasteiger partial charge < -0.3 is 20.4 Å². The molecule has 2 aromatic rings. The normalized spacial score (nSPS) is 19.0. The summed E-state index contributed by atoms with van der Waals surface area (Å²) in [5.74, 6) is -1.19.